The summed E-state index contributed by atoms with van der Waals surface area (Å²) in [6, 6.07) is 9.34. The fourth-order valence-corrected chi connectivity index (χ4v) is 2.65. The maximum atomic E-state index is 12.4. The van der Waals surface area contributed by atoms with Gasteiger partial charge < -0.3 is 10.2 Å². The standard InChI is InChI=1S/C17H18ClN5O/c1-22(2)10-9-20-17(24)13-11-21-23-15(7-8-19-16(13)23)12-5-3-4-6-14(12)18/h3-8,11H,9-10H2,1-2H3,(H,20,24). The summed E-state index contributed by atoms with van der Waals surface area (Å²) in [7, 11) is 3.91. The second kappa shape index (κ2) is 6.98. The predicted octanol–water partition coefficient (Wildman–Crippen LogP) is 2.34. The van der Waals surface area contributed by atoms with E-state index in [1.807, 2.05) is 49.3 Å². The van der Waals surface area contributed by atoms with Crippen molar-refractivity contribution in [3.05, 3.63) is 53.3 Å². The Labute approximate surface area is 145 Å². The molecule has 0 atom stereocenters. The molecule has 0 aliphatic heterocycles. The molecule has 2 aromatic heterocycles. The summed E-state index contributed by atoms with van der Waals surface area (Å²) in [5.41, 5.74) is 2.59. The van der Waals surface area contributed by atoms with Crippen LogP contribution in [0.4, 0.5) is 0 Å². The number of halogens is 1. The van der Waals surface area contributed by atoms with Gasteiger partial charge in [-0.25, -0.2) is 9.50 Å². The number of fused-ring (bicyclic) bond motifs is 1. The van der Waals surface area contributed by atoms with E-state index in [-0.39, 0.29) is 5.91 Å². The highest BCUT2D eigenvalue weighted by Gasteiger charge is 2.16. The van der Waals surface area contributed by atoms with Crippen molar-refractivity contribution in [2.45, 2.75) is 0 Å². The Kier molecular flexibility index (Phi) is 4.78. The third kappa shape index (κ3) is 3.25. The summed E-state index contributed by atoms with van der Waals surface area (Å²) >= 11 is 6.28. The van der Waals surface area contributed by atoms with Crippen molar-refractivity contribution in [3.63, 3.8) is 0 Å². The van der Waals surface area contributed by atoms with Gasteiger partial charge in [0.05, 0.1) is 11.9 Å². The number of carbonyl (C=O) groups is 1. The zero-order valence-corrected chi connectivity index (χ0v) is 14.3. The van der Waals surface area contributed by atoms with Crippen LogP contribution in [-0.2, 0) is 0 Å². The number of hydrogen-bond acceptors (Lipinski definition) is 4. The maximum absolute atomic E-state index is 12.4. The fourth-order valence-electron chi connectivity index (χ4n) is 2.41. The molecule has 0 saturated heterocycles. The normalized spacial score (nSPS) is 11.2. The van der Waals surface area contributed by atoms with Crippen LogP contribution in [0.2, 0.25) is 5.02 Å². The molecule has 1 N–H and O–H groups in total. The first kappa shape index (κ1) is 16.4. The number of carbonyl (C=O) groups excluding carboxylic acids is 1. The van der Waals surface area contributed by atoms with Crippen LogP contribution in [-0.4, -0.2) is 52.6 Å². The van der Waals surface area contributed by atoms with Gasteiger partial charge in [0.25, 0.3) is 5.91 Å². The second-order valence-electron chi connectivity index (χ2n) is 5.66. The van der Waals surface area contributed by atoms with Crippen LogP contribution in [0.15, 0.2) is 42.7 Å². The number of hydrogen-bond donors (Lipinski definition) is 1. The zero-order valence-electron chi connectivity index (χ0n) is 13.5. The van der Waals surface area contributed by atoms with Gasteiger partial charge in [0, 0.05) is 29.9 Å². The Hall–Kier alpha value is -2.44. The second-order valence-corrected chi connectivity index (χ2v) is 6.07. The topological polar surface area (TPSA) is 62.5 Å². The Bertz CT molecular complexity index is 874. The van der Waals surface area contributed by atoms with E-state index in [4.69, 9.17) is 11.6 Å². The Morgan fingerprint density at radius 3 is 2.83 bits per heavy atom. The largest absolute Gasteiger partial charge is 0.351 e. The van der Waals surface area contributed by atoms with Crippen molar-refractivity contribution < 1.29 is 4.79 Å². The molecule has 0 saturated carbocycles. The van der Waals surface area contributed by atoms with Crippen LogP contribution < -0.4 is 5.32 Å². The minimum atomic E-state index is -0.185. The number of rotatable bonds is 5. The monoisotopic (exact) mass is 343 g/mol. The quantitative estimate of drug-likeness (QED) is 0.772. The molecule has 0 radical (unpaired) electrons. The summed E-state index contributed by atoms with van der Waals surface area (Å²) < 4.78 is 1.64. The lowest BCUT2D eigenvalue weighted by Crippen LogP contribution is -2.31. The van der Waals surface area contributed by atoms with Gasteiger partial charge in [-0.15, -0.1) is 0 Å². The lowest BCUT2D eigenvalue weighted by atomic mass is 10.1. The number of amides is 1. The van der Waals surface area contributed by atoms with E-state index in [9.17, 15) is 4.79 Å². The SMILES string of the molecule is CN(C)CCNC(=O)c1cnn2c(-c3ccccc3Cl)ccnc12. The van der Waals surface area contributed by atoms with Crippen LogP contribution in [0.5, 0.6) is 0 Å². The van der Waals surface area contributed by atoms with E-state index in [1.54, 1.807) is 10.7 Å². The van der Waals surface area contributed by atoms with Crippen molar-refractivity contribution >= 4 is 23.2 Å². The van der Waals surface area contributed by atoms with E-state index in [0.717, 1.165) is 17.8 Å². The first-order valence-corrected chi connectivity index (χ1v) is 7.96. The molecule has 3 rings (SSSR count). The summed E-state index contributed by atoms with van der Waals surface area (Å²) in [5, 5.41) is 7.83. The van der Waals surface area contributed by atoms with E-state index in [0.29, 0.717) is 22.8 Å². The number of nitrogens with one attached hydrogen (secondary N) is 1. The van der Waals surface area contributed by atoms with E-state index >= 15 is 0 Å². The molecule has 0 fully saturated rings. The van der Waals surface area contributed by atoms with Crippen molar-refractivity contribution in [1.29, 1.82) is 0 Å². The molecule has 0 aliphatic carbocycles. The van der Waals surface area contributed by atoms with Crippen LogP contribution in [0.25, 0.3) is 16.9 Å². The Morgan fingerprint density at radius 2 is 2.08 bits per heavy atom. The smallest absolute Gasteiger partial charge is 0.256 e. The van der Waals surface area contributed by atoms with Crippen molar-refractivity contribution in [2.24, 2.45) is 0 Å². The average molecular weight is 344 g/mol. The van der Waals surface area contributed by atoms with Crippen LogP contribution in [0, 0.1) is 0 Å². The minimum absolute atomic E-state index is 0.185. The first-order chi connectivity index (χ1) is 11.6. The maximum Gasteiger partial charge on any atom is 0.256 e. The van der Waals surface area contributed by atoms with Gasteiger partial charge in [-0.2, -0.15) is 5.10 Å². The molecule has 0 spiro atoms. The third-order valence-corrected chi connectivity index (χ3v) is 3.97. The predicted molar refractivity (Wildman–Crippen MR) is 94.3 cm³/mol. The van der Waals surface area contributed by atoms with Crippen LogP contribution in [0.1, 0.15) is 10.4 Å². The molecule has 1 amide bonds. The molecule has 0 unspecified atom stereocenters. The Morgan fingerprint density at radius 1 is 1.29 bits per heavy atom. The average Bonchev–Trinajstić information content (AvgIpc) is 2.99. The summed E-state index contributed by atoms with van der Waals surface area (Å²) in [4.78, 5) is 18.7. The number of nitrogens with zero attached hydrogens (tertiary/aromatic N) is 4. The summed E-state index contributed by atoms with van der Waals surface area (Å²) in [5.74, 6) is -0.185. The summed E-state index contributed by atoms with van der Waals surface area (Å²) in [6.07, 6.45) is 3.19. The van der Waals surface area contributed by atoms with Gasteiger partial charge in [-0.3, -0.25) is 4.79 Å². The third-order valence-electron chi connectivity index (χ3n) is 3.64. The highest BCUT2D eigenvalue weighted by molar-refractivity contribution is 6.33. The molecule has 3 aromatic rings. The molecular formula is C17H18ClN5O. The number of benzene rings is 1. The summed E-state index contributed by atoms with van der Waals surface area (Å²) in [6.45, 7) is 1.33. The molecule has 6 nitrogen and oxygen atoms in total. The van der Waals surface area contributed by atoms with Crippen LogP contribution in [0.3, 0.4) is 0 Å². The highest BCUT2D eigenvalue weighted by atomic mass is 35.5. The molecule has 124 valence electrons. The van der Waals surface area contributed by atoms with Gasteiger partial charge in [0.1, 0.15) is 5.56 Å². The van der Waals surface area contributed by atoms with E-state index in [1.165, 1.54) is 6.20 Å². The van der Waals surface area contributed by atoms with Gasteiger partial charge >= 0.3 is 0 Å². The first-order valence-electron chi connectivity index (χ1n) is 7.58. The lowest BCUT2D eigenvalue weighted by Gasteiger charge is -2.10. The molecule has 24 heavy (non-hydrogen) atoms. The lowest BCUT2D eigenvalue weighted by molar-refractivity contribution is 0.0952. The van der Waals surface area contributed by atoms with Crippen molar-refractivity contribution in [1.82, 2.24) is 24.8 Å². The van der Waals surface area contributed by atoms with E-state index in [2.05, 4.69) is 15.4 Å². The van der Waals surface area contributed by atoms with Gasteiger partial charge in [0.2, 0.25) is 0 Å². The zero-order chi connectivity index (χ0) is 17.1. The van der Waals surface area contributed by atoms with Gasteiger partial charge in [-0.1, -0.05) is 29.8 Å². The molecule has 0 aliphatic rings. The number of aromatic nitrogens is 3. The highest BCUT2D eigenvalue weighted by Crippen LogP contribution is 2.27. The molecule has 7 heteroatoms. The number of likely N-dealkylation sites (N-methyl/N-ethyl adjacent to an activating group) is 1. The van der Waals surface area contributed by atoms with Gasteiger partial charge in [-0.05, 0) is 26.2 Å². The molecular weight excluding hydrogens is 326 g/mol. The minimum Gasteiger partial charge on any atom is -0.351 e. The molecule has 2 heterocycles. The van der Waals surface area contributed by atoms with Crippen molar-refractivity contribution in [3.8, 4) is 11.3 Å². The fraction of sp³-hybridized carbons (Fsp3) is 0.235. The van der Waals surface area contributed by atoms with E-state index < -0.39 is 0 Å². The Balaban J connectivity index is 1.95. The van der Waals surface area contributed by atoms with Crippen molar-refractivity contribution in [2.75, 3.05) is 27.2 Å². The molecule has 1 aromatic carbocycles. The molecule has 0 bridgehead atoms. The van der Waals surface area contributed by atoms with Gasteiger partial charge in [0.15, 0.2) is 5.65 Å². The van der Waals surface area contributed by atoms with Crippen LogP contribution >= 0.6 is 11.6 Å².